The van der Waals surface area contributed by atoms with Gasteiger partial charge in [-0.05, 0) is 57.5 Å². The molecule has 6 heterocycles. The summed E-state index contributed by atoms with van der Waals surface area (Å²) in [5.74, 6) is -2.49. The van der Waals surface area contributed by atoms with E-state index in [1.807, 2.05) is 13.8 Å². The van der Waals surface area contributed by atoms with Crippen molar-refractivity contribution in [2.75, 3.05) is 36.1 Å². The number of fused-ring (bicyclic) bond motifs is 2. The minimum Gasteiger partial charge on any atom is -0.395 e. The lowest BCUT2D eigenvalue weighted by Crippen LogP contribution is -2.48. The van der Waals surface area contributed by atoms with Crippen LogP contribution in [0.15, 0.2) is 42.6 Å². The second-order valence-electron chi connectivity index (χ2n) is 14.6. The highest BCUT2D eigenvalue weighted by molar-refractivity contribution is 6.07. The molecule has 6 aromatic rings. The van der Waals surface area contributed by atoms with E-state index in [0.717, 1.165) is 0 Å². The van der Waals surface area contributed by atoms with Crippen molar-refractivity contribution in [3.05, 3.63) is 82.1 Å². The van der Waals surface area contributed by atoms with Gasteiger partial charge in [0, 0.05) is 57.6 Å². The third-order valence-corrected chi connectivity index (χ3v) is 10.3. The Morgan fingerprint density at radius 1 is 0.871 bits per heavy atom. The number of nitrogen functional groups attached to an aromatic ring is 1. The number of allylic oxidation sites excluding steroid dienone is 2. The lowest BCUT2D eigenvalue weighted by molar-refractivity contribution is -0.237. The van der Waals surface area contributed by atoms with E-state index in [9.17, 15) is 32.3 Å². The number of nitrogens with zero attached hydrogens (tertiary/aromatic N) is 10. The molecule has 1 saturated heterocycles. The second-order valence-corrected chi connectivity index (χ2v) is 14.6. The number of morpholine rings is 1. The van der Waals surface area contributed by atoms with Gasteiger partial charge in [-0.15, -0.1) is 0 Å². The van der Waals surface area contributed by atoms with Crippen molar-refractivity contribution in [1.82, 2.24) is 48.5 Å². The Labute approximate surface area is 350 Å². The van der Waals surface area contributed by atoms with Gasteiger partial charge in [-0.2, -0.15) is 23.4 Å². The first kappa shape index (κ1) is 43.0. The van der Waals surface area contributed by atoms with Gasteiger partial charge in [-0.1, -0.05) is 12.2 Å². The number of nitrogens with one attached hydrogen (secondary N) is 2. The molecule has 1 fully saturated rings. The first-order valence-electron chi connectivity index (χ1n) is 19.5. The molecule has 326 valence electrons. The van der Waals surface area contributed by atoms with E-state index in [-0.39, 0.29) is 83.9 Å². The molecule has 1 atom stereocenters. The molecule has 1 aliphatic heterocycles. The van der Waals surface area contributed by atoms with Crippen molar-refractivity contribution >= 4 is 63.4 Å². The van der Waals surface area contributed by atoms with Crippen molar-refractivity contribution in [1.29, 1.82) is 0 Å². The fourth-order valence-corrected chi connectivity index (χ4v) is 7.31. The maximum absolute atomic E-state index is 13.8. The highest BCUT2D eigenvalue weighted by atomic mass is 19.4. The predicted octanol–water partition coefficient (Wildman–Crippen LogP) is 3.13. The van der Waals surface area contributed by atoms with Gasteiger partial charge in [-0.25, -0.2) is 15.0 Å². The summed E-state index contributed by atoms with van der Waals surface area (Å²) in [5.41, 5.74) is 20.9. The number of carbonyl (C=O) groups excluding carboxylic acids is 4. The van der Waals surface area contributed by atoms with Crippen LogP contribution in [0, 0.1) is 13.8 Å². The number of hydrogen-bond acceptors (Lipinski definition) is 12. The molecular formula is C39H44F3N15O5. The van der Waals surface area contributed by atoms with Crippen LogP contribution in [0.2, 0.25) is 0 Å². The van der Waals surface area contributed by atoms with Crippen LogP contribution in [0.3, 0.4) is 0 Å². The molecule has 0 spiro atoms. The highest BCUT2D eigenvalue weighted by Crippen LogP contribution is 2.31. The average Bonchev–Trinajstić information content (AvgIpc) is 3.96. The monoisotopic (exact) mass is 859 g/mol. The molecule has 7 rings (SSSR count). The molecule has 0 aliphatic carbocycles. The number of amides is 4. The van der Waals surface area contributed by atoms with Crippen LogP contribution in [0.25, 0.3) is 22.2 Å². The van der Waals surface area contributed by atoms with Gasteiger partial charge in [0.1, 0.15) is 16.9 Å². The van der Waals surface area contributed by atoms with Crippen molar-refractivity contribution < 1.29 is 37.1 Å². The van der Waals surface area contributed by atoms with Crippen LogP contribution in [0.4, 0.5) is 30.8 Å². The number of halogens is 3. The summed E-state index contributed by atoms with van der Waals surface area (Å²) in [6, 6.07) is 6.02. The number of rotatable bonds is 14. The molecule has 1 aliphatic rings. The van der Waals surface area contributed by atoms with E-state index in [1.165, 1.54) is 33.8 Å². The Hall–Kier alpha value is -7.14. The number of aryl methyl sites for hydroxylation is 4. The van der Waals surface area contributed by atoms with Crippen LogP contribution in [-0.2, 0) is 37.5 Å². The maximum atomic E-state index is 13.8. The van der Waals surface area contributed by atoms with E-state index in [0.29, 0.717) is 41.2 Å². The number of alkyl halides is 3. The van der Waals surface area contributed by atoms with Gasteiger partial charge in [0.2, 0.25) is 23.7 Å². The molecule has 4 amide bonds. The highest BCUT2D eigenvalue weighted by Gasteiger charge is 2.43. The fourth-order valence-electron chi connectivity index (χ4n) is 7.31. The van der Waals surface area contributed by atoms with Crippen LogP contribution in [0.5, 0.6) is 0 Å². The van der Waals surface area contributed by atoms with Gasteiger partial charge >= 0.3 is 6.18 Å². The van der Waals surface area contributed by atoms with Crippen molar-refractivity contribution in [3.63, 3.8) is 0 Å². The zero-order chi connectivity index (χ0) is 44.6. The normalized spacial score (nSPS) is 14.9. The third-order valence-electron chi connectivity index (χ3n) is 10.3. The number of anilines is 3. The number of carbonyl (C=O) groups is 4. The summed E-state index contributed by atoms with van der Waals surface area (Å²) in [4.78, 5) is 67.2. The van der Waals surface area contributed by atoms with Crippen LogP contribution < -0.4 is 27.8 Å². The first-order chi connectivity index (χ1) is 29.5. The quantitative estimate of drug-likeness (QED) is 0.0990. The third kappa shape index (κ3) is 8.56. The molecule has 62 heavy (non-hydrogen) atoms. The average molecular weight is 860 g/mol. The molecule has 0 radical (unpaired) electrons. The number of hydrogen-bond donors (Lipinski definition) is 5. The van der Waals surface area contributed by atoms with Gasteiger partial charge in [0.05, 0.1) is 40.3 Å². The number of imidazole rings is 2. The lowest BCUT2D eigenvalue weighted by atomic mass is 10.1. The Bertz CT molecular complexity index is 2760. The topological polar surface area (TPSA) is 267 Å². The largest absolute Gasteiger partial charge is 0.415 e. The summed E-state index contributed by atoms with van der Waals surface area (Å²) in [6.07, 6.45) is -1.85. The number of benzene rings is 1. The van der Waals surface area contributed by atoms with Crippen molar-refractivity contribution in [2.45, 2.75) is 72.7 Å². The first-order valence-corrected chi connectivity index (χ1v) is 19.5. The van der Waals surface area contributed by atoms with E-state index in [1.54, 1.807) is 46.1 Å². The number of nitrogens with two attached hydrogens (primary N) is 3. The minimum absolute atomic E-state index is 0.0362. The fraction of sp³-hybridized carbons (Fsp3) is 0.359. The Morgan fingerprint density at radius 2 is 1.52 bits per heavy atom. The van der Waals surface area contributed by atoms with Crippen LogP contribution in [-0.4, -0.2) is 104 Å². The van der Waals surface area contributed by atoms with Gasteiger partial charge < -0.3 is 26.5 Å². The molecular weight excluding hydrogens is 816 g/mol. The minimum atomic E-state index is -4.59. The molecule has 1 aromatic carbocycles. The summed E-state index contributed by atoms with van der Waals surface area (Å²) < 4.78 is 52.5. The molecule has 0 saturated carbocycles. The number of pyridine rings is 1. The molecule has 0 bridgehead atoms. The zero-order valence-electron chi connectivity index (χ0n) is 34.2. The van der Waals surface area contributed by atoms with Crippen LogP contribution >= 0.6 is 0 Å². The lowest BCUT2D eigenvalue weighted by Gasteiger charge is -2.34. The van der Waals surface area contributed by atoms with Gasteiger partial charge in [-0.3, -0.25) is 48.6 Å². The SMILES string of the molecule is CCn1nc(C)cc1C(=O)Nc1nc2cc(C(N)=O)cc(CN3CCOC(C(F)(F)F)C3)c2n1C/C=C/Cn1c(NC(=O)c2c(N)c(C)nn2CC)nc2cc(C(N)=O)cnc21. The molecule has 8 N–H and O–H groups in total. The van der Waals surface area contributed by atoms with Gasteiger partial charge in [0.25, 0.3) is 11.8 Å². The molecule has 5 aromatic heterocycles. The summed E-state index contributed by atoms with van der Waals surface area (Å²) >= 11 is 0. The van der Waals surface area contributed by atoms with E-state index < -0.39 is 42.5 Å². The Morgan fingerprint density at radius 3 is 2.19 bits per heavy atom. The van der Waals surface area contributed by atoms with E-state index in [4.69, 9.17) is 26.9 Å². The van der Waals surface area contributed by atoms with Crippen molar-refractivity contribution in [2.24, 2.45) is 11.5 Å². The molecule has 1 unspecified atom stereocenters. The second kappa shape index (κ2) is 17.1. The number of primary amides is 2. The standard InChI is InChI=1S/C39H44F3N15O5/c1-5-56-27(13-20(3)51-56)35(60)49-37-47-25-15-22(32(44)58)14-24(18-53-11-12-62-28(19-53)39(40,41)42)30(25)54(37)9-7-8-10-55-34-26(16-23(17-46-34)33(45)59)48-38(55)50-36(61)31-29(43)21(4)52-57(31)6-2/h7-8,13-17,28H,5-6,9-12,18-19,43H2,1-4H3,(H2,44,58)(H2,45,59)(H,47,49,60)(H,48,50,61)/b8-7+. The Kier molecular flexibility index (Phi) is 11.8. The number of aromatic nitrogens is 9. The predicted molar refractivity (Wildman–Crippen MR) is 220 cm³/mol. The molecule has 20 nitrogen and oxygen atoms in total. The van der Waals surface area contributed by atoms with E-state index in [2.05, 4.69) is 30.8 Å². The van der Waals surface area contributed by atoms with Gasteiger partial charge in [0.15, 0.2) is 11.8 Å². The van der Waals surface area contributed by atoms with Crippen LogP contribution in [0.1, 0.15) is 72.5 Å². The summed E-state index contributed by atoms with van der Waals surface area (Å²) in [6.45, 7) is 7.44. The van der Waals surface area contributed by atoms with E-state index >= 15 is 0 Å². The zero-order valence-corrected chi connectivity index (χ0v) is 34.2. The number of ether oxygens (including phenoxy) is 1. The maximum Gasteiger partial charge on any atom is 0.415 e. The molecule has 23 heteroatoms. The summed E-state index contributed by atoms with van der Waals surface area (Å²) in [5, 5.41) is 14.3. The van der Waals surface area contributed by atoms with Crippen molar-refractivity contribution in [3.8, 4) is 0 Å². The Balaban J connectivity index is 1.27. The summed E-state index contributed by atoms with van der Waals surface area (Å²) in [7, 11) is 0. The smallest absolute Gasteiger partial charge is 0.395 e.